The number of hydrogen-bond acceptors (Lipinski definition) is 7. The lowest BCUT2D eigenvalue weighted by Crippen LogP contribution is -2.27. The molecule has 0 spiro atoms. The van der Waals surface area contributed by atoms with Crippen molar-refractivity contribution in [3.63, 3.8) is 0 Å². The number of rotatable bonds is 10. The molecule has 9 heteroatoms. The van der Waals surface area contributed by atoms with E-state index in [0.29, 0.717) is 37.0 Å². The SMILES string of the molecule is CCCc1ncc(C(=O)O)c(N(CCC)Cc2ccc(-c3ccccc3-c3nn[nH]n3)cc2)n1. The van der Waals surface area contributed by atoms with Gasteiger partial charge in [0.2, 0.25) is 5.82 Å². The molecule has 0 aliphatic carbocycles. The highest BCUT2D eigenvalue weighted by Crippen LogP contribution is 2.30. The van der Waals surface area contributed by atoms with Crippen molar-refractivity contribution in [1.29, 1.82) is 0 Å². The number of benzene rings is 2. The Morgan fingerprint density at radius 1 is 1.03 bits per heavy atom. The van der Waals surface area contributed by atoms with Gasteiger partial charge in [0.1, 0.15) is 17.2 Å². The van der Waals surface area contributed by atoms with E-state index in [1.54, 1.807) is 0 Å². The van der Waals surface area contributed by atoms with Gasteiger partial charge in [-0.25, -0.2) is 14.8 Å². The number of nitrogens with zero attached hydrogens (tertiary/aromatic N) is 6. The number of aryl methyl sites for hydroxylation is 1. The Labute approximate surface area is 197 Å². The summed E-state index contributed by atoms with van der Waals surface area (Å²) in [6, 6.07) is 16.1. The van der Waals surface area contributed by atoms with Gasteiger partial charge in [0, 0.05) is 31.3 Å². The van der Waals surface area contributed by atoms with Gasteiger partial charge in [0.25, 0.3) is 0 Å². The molecule has 0 bridgehead atoms. The number of aromatic amines is 1. The third kappa shape index (κ3) is 5.09. The number of H-pyrrole nitrogens is 1. The number of nitrogens with one attached hydrogen (secondary N) is 1. The minimum atomic E-state index is -1.02. The van der Waals surface area contributed by atoms with Crippen molar-refractivity contribution in [3.8, 4) is 22.5 Å². The van der Waals surface area contributed by atoms with Crippen molar-refractivity contribution in [2.24, 2.45) is 0 Å². The number of hydrogen-bond donors (Lipinski definition) is 2. The number of tetrazole rings is 1. The zero-order valence-corrected chi connectivity index (χ0v) is 19.3. The first-order chi connectivity index (χ1) is 16.6. The van der Waals surface area contributed by atoms with Gasteiger partial charge in [-0.3, -0.25) is 0 Å². The van der Waals surface area contributed by atoms with Crippen LogP contribution in [0.2, 0.25) is 0 Å². The molecule has 9 nitrogen and oxygen atoms in total. The summed E-state index contributed by atoms with van der Waals surface area (Å²) in [6.07, 6.45) is 3.90. The van der Waals surface area contributed by atoms with Gasteiger partial charge in [-0.2, -0.15) is 5.21 Å². The summed E-state index contributed by atoms with van der Waals surface area (Å²) in [7, 11) is 0. The Bertz CT molecular complexity index is 1240. The molecular weight excluding hydrogens is 430 g/mol. The molecular formula is C25H27N7O2. The first kappa shape index (κ1) is 23.0. The van der Waals surface area contributed by atoms with Crippen molar-refractivity contribution < 1.29 is 9.90 Å². The van der Waals surface area contributed by atoms with Gasteiger partial charge in [-0.15, -0.1) is 10.2 Å². The van der Waals surface area contributed by atoms with Crippen molar-refractivity contribution in [2.45, 2.75) is 39.7 Å². The van der Waals surface area contributed by atoms with Gasteiger partial charge in [-0.05, 0) is 34.7 Å². The molecule has 0 aliphatic rings. The fourth-order valence-electron chi connectivity index (χ4n) is 3.89. The summed E-state index contributed by atoms with van der Waals surface area (Å²) in [4.78, 5) is 22.7. The molecule has 0 radical (unpaired) electrons. The van der Waals surface area contributed by atoms with E-state index in [2.05, 4.69) is 68.7 Å². The third-order valence-electron chi connectivity index (χ3n) is 5.47. The quantitative estimate of drug-likeness (QED) is 0.360. The molecule has 0 unspecified atom stereocenters. The summed E-state index contributed by atoms with van der Waals surface area (Å²) in [6.45, 7) is 5.35. The molecule has 0 amide bonds. The van der Waals surface area contributed by atoms with E-state index >= 15 is 0 Å². The van der Waals surface area contributed by atoms with E-state index in [1.165, 1.54) is 6.20 Å². The predicted octanol–water partition coefficient (Wildman–Crippen LogP) is 4.39. The second kappa shape index (κ2) is 10.7. The average Bonchev–Trinajstić information content (AvgIpc) is 3.39. The van der Waals surface area contributed by atoms with Crippen LogP contribution in [-0.2, 0) is 13.0 Å². The molecule has 174 valence electrons. The van der Waals surface area contributed by atoms with E-state index in [1.807, 2.05) is 29.2 Å². The highest BCUT2D eigenvalue weighted by molar-refractivity contribution is 5.93. The van der Waals surface area contributed by atoms with E-state index in [-0.39, 0.29) is 5.56 Å². The van der Waals surface area contributed by atoms with Crippen LogP contribution in [0, 0.1) is 0 Å². The number of aromatic carboxylic acids is 1. The number of carboxylic acid groups (broad SMARTS) is 1. The molecule has 0 aliphatic heterocycles. The van der Waals surface area contributed by atoms with Gasteiger partial charge in [-0.1, -0.05) is 62.4 Å². The normalized spacial score (nSPS) is 10.9. The molecule has 34 heavy (non-hydrogen) atoms. The number of aromatic nitrogens is 6. The highest BCUT2D eigenvalue weighted by atomic mass is 16.4. The van der Waals surface area contributed by atoms with Crippen molar-refractivity contribution in [1.82, 2.24) is 30.6 Å². The minimum Gasteiger partial charge on any atom is -0.477 e. The smallest absolute Gasteiger partial charge is 0.341 e. The number of carboxylic acids is 1. The Kier molecular flexibility index (Phi) is 7.22. The van der Waals surface area contributed by atoms with E-state index in [4.69, 9.17) is 0 Å². The summed E-state index contributed by atoms with van der Waals surface area (Å²) in [5.74, 6) is 0.658. The van der Waals surface area contributed by atoms with Crippen LogP contribution in [0.5, 0.6) is 0 Å². The fourth-order valence-corrected chi connectivity index (χ4v) is 3.89. The van der Waals surface area contributed by atoms with Crippen LogP contribution in [0.3, 0.4) is 0 Å². The Morgan fingerprint density at radius 2 is 1.79 bits per heavy atom. The lowest BCUT2D eigenvalue weighted by molar-refractivity contribution is 0.0696. The lowest BCUT2D eigenvalue weighted by Gasteiger charge is -2.25. The second-order valence-electron chi connectivity index (χ2n) is 7.98. The van der Waals surface area contributed by atoms with Crippen LogP contribution in [0.25, 0.3) is 22.5 Å². The van der Waals surface area contributed by atoms with Crippen LogP contribution < -0.4 is 4.90 Å². The monoisotopic (exact) mass is 457 g/mol. The zero-order chi connectivity index (χ0) is 23.9. The van der Waals surface area contributed by atoms with Gasteiger partial charge >= 0.3 is 5.97 Å². The summed E-state index contributed by atoms with van der Waals surface area (Å²) < 4.78 is 0. The standard InChI is InChI=1S/C25H27N7O2/c1-3-7-22-26-15-21(25(33)34)24(27-22)32(14-4-2)16-17-10-12-18(13-11-17)19-8-5-6-9-20(19)23-28-30-31-29-23/h5-6,8-13,15H,3-4,7,14,16H2,1-2H3,(H,33,34)(H,28,29,30,31). The number of carbonyl (C=O) groups is 1. The summed E-state index contributed by atoms with van der Waals surface area (Å²) in [5, 5.41) is 24.1. The predicted molar refractivity (Wildman–Crippen MR) is 129 cm³/mol. The first-order valence-corrected chi connectivity index (χ1v) is 11.4. The summed E-state index contributed by atoms with van der Waals surface area (Å²) >= 11 is 0. The highest BCUT2D eigenvalue weighted by Gasteiger charge is 2.20. The minimum absolute atomic E-state index is 0.124. The van der Waals surface area contributed by atoms with Gasteiger partial charge < -0.3 is 10.0 Å². The van der Waals surface area contributed by atoms with E-state index < -0.39 is 5.97 Å². The van der Waals surface area contributed by atoms with E-state index in [0.717, 1.165) is 35.1 Å². The van der Waals surface area contributed by atoms with Gasteiger partial charge in [0.05, 0.1) is 0 Å². The maximum Gasteiger partial charge on any atom is 0.341 e. The zero-order valence-electron chi connectivity index (χ0n) is 19.3. The number of anilines is 1. The Hall–Kier alpha value is -4.14. The molecule has 0 saturated heterocycles. The third-order valence-corrected chi connectivity index (χ3v) is 5.47. The maximum absolute atomic E-state index is 11.9. The lowest BCUT2D eigenvalue weighted by atomic mass is 9.98. The summed E-state index contributed by atoms with van der Waals surface area (Å²) in [5.41, 5.74) is 4.12. The Morgan fingerprint density at radius 3 is 2.44 bits per heavy atom. The molecule has 0 saturated carbocycles. The molecule has 2 aromatic heterocycles. The van der Waals surface area contributed by atoms with Gasteiger partial charge in [0.15, 0.2) is 0 Å². The van der Waals surface area contributed by atoms with Crippen LogP contribution in [-0.4, -0.2) is 48.2 Å². The maximum atomic E-state index is 11.9. The first-order valence-electron chi connectivity index (χ1n) is 11.4. The molecule has 4 aromatic rings. The average molecular weight is 458 g/mol. The molecule has 4 rings (SSSR count). The topological polar surface area (TPSA) is 121 Å². The van der Waals surface area contributed by atoms with Crippen molar-refractivity contribution in [3.05, 3.63) is 71.7 Å². The Balaban J connectivity index is 1.63. The van der Waals surface area contributed by atoms with Crippen molar-refractivity contribution >= 4 is 11.8 Å². The molecule has 2 aromatic carbocycles. The largest absolute Gasteiger partial charge is 0.477 e. The molecule has 2 heterocycles. The molecule has 0 fully saturated rings. The van der Waals surface area contributed by atoms with Crippen LogP contribution in [0.1, 0.15) is 48.4 Å². The van der Waals surface area contributed by atoms with E-state index in [9.17, 15) is 9.90 Å². The van der Waals surface area contributed by atoms with Crippen LogP contribution in [0.15, 0.2) is 54.7 Å². The van der Waals surface area contributed by atoms with Crippen LogP contribution in [0.4, 0.5) is 5.82 Å². The van der Waals surface area contributed by atoms with Crippen molar-refractivity contribution in [2.75, 3.05) is 11.4 Å². The second-order valence-corrected chi connectivity index (χ2v) is 7.98. The molecule has 2 N–H and O–H groups in total. The van der Waals surface area contributed by atoms with Crippen LogP contribution >= 0.6 is 0 Å². The fraction of sp³-hybridized carbons (Fsp3) is 0.280. The molecule has 0 atom stereocenters.